The summed E-state index contributed by atoms with van der Waals surface area (Å²) in [6.45, 7) is 1.93. The molecule has 0 saturated heterocycles. The zero-order valence-corrected chi connectivity index (χ0v) is 13.4. The number of halogens is 1. The molecule has 1 N–H and O–H groups in total. The maximum Gasteiger partial charge on any atom is 0.199 e. The maximum absolute atomic E-state index is 5.92. The third-order valence-corrected chi connectivity index (χ3v) is 3.73. The minimum Gasteiger partial charge on any atom is -0.483 e. The predicted octanol–water partition coefficient (Wildman–Crippen LogP) is 4.72. The minimum atomic E-state index is -0.269. The largest absolute Gasteiger partial charge is 0.483 e. The second-order valence-electron chi connectivity index (χ2n) is 4.77. The standard InChI is InChI=1S/C16H14ClN3OS/c1-11(21-14-9-7-12(17)8-10-14)15-18-19-16(22)20(15)13-5-3-2-4-6-13/h2-11H,1H3,(H,19,22)/t11-/m0/s1. The lowest BCUT2D eigenvalue weighted by Crippen LogP contribution is -2.11. The van der Waals surface area contributed by atoms with E-state index in [0.717, 1.165) is 11.4 Å². The van der Waals surface area contributed by atoms with E-state index in [1.807, 2.05) is 54.0 Å². The number of benzene rings is 2. The minimum absolute atomic E-state index is 0.269. The normalized spacial score (nSPS) is 12.1. The Labute approximate surface area is 138 Å². The van der Waals surface area contributed by atoms with Crippen molar-refractivity contribution in [1.29, 1.82) is 0 Å². The van der Waals surface area contributed by atoms with Crippen molar-refractivity contribution in [2.75, 3.05) is 0 Å². The van der Waals surface area contributed by atoms with Crippen molar-refractivity contribution in [3.8, 4) is 11.4 Å². The van der Waals surface area contributed by atoms with Gasteiger partial charge in [0.05, 0.1) is 0 Å². The van der Waals surface area contributed by atoms with E-state index in [-0.39, 0.29) is 6.10 Å². The summed E-state index contributed by atoms with van der Waals surface area (Å²) in [6, 6.07) is 17.1. The molecule has 3 aromatic rings. The summed E-state index contributed by atoms with van der Waals surface area (Å²) in [4.78, 5) is 0. The van der Waals surface area contributed by atoms with Crippen molar-refractivity contribution < 1.29 is 4.74 Å². The number of rotatable bonds is 4. The van der Waals surface area contributed by atoms with Crippen LogP contribution < -0.4 is 4.74 Å². The van der Waals surface area contributed by atoms with E-state index in [1.54, 1.807) is 12.1 Å². The van der Waals surface area contributed by atoms with Crippen molar-refractivity contribution in [3.63, 3.8) is 0 Å². The van der Waals surface area contributed by atoms with E-state index >= 15 is 0 Å². The highest BCUT2D eigenvalue weighted by molar-refractivity contribution is 7.71. The Morgan fingerprint density at radius 2 is 1.82 bits per heavy atom. The molecule has 0 saturated carbocycles. The Hall–Kier alpha value is -2.11. The van der Waals surface area contributed by atoms with Gasteiger partial charge in [-0.3, -0.25) is 9.67 Å². The molecule has 0 amide bonds. The Balaban J connectivity index is 1.92. The summed E-state index contributed by atoms with van der Waals surface area (Å²) in [5, 5.41) is 7.80. The molecule has 1 heterocycles. The van der Waals surface area contributed by atoms with Crippen LogP contribution in [0.2, 0.25) is 5.02 Å². The first kappa shape index (κ1) is 14.8. The van der Waals surface area contributed by atoms with Gasteiger partial charge in [0.1, 0.15) is 5.75 Å². The number of ether oxygens (including phenoxy) is 1. The van der Waals surface area contributed by atoms with Crippen molar-refractivity contribution in [2.24, 2.45) is 0 Å². The molecule has 0 fully saturated rings. The van der Waals surface area contributed by atoms with Gasteiger partial charge in [0.15, 0.2) is 16.7 Å². The van der Waals surface area contributed by atoms with Gasteiger partial charge < -0.3 is 4.74 Å². The highest BCUT2D eigenvalue weighted by Gasteiger charge is 2.17. The first-order valence-corrected chi connectivity index (χ1v) is 7.59. The molecule has 4 nitrogen and oxygen atoms in total. The second kappa shape index (κ2) is 6.34. The number of para-hydroxylation sites is 1. The molecule has 112 valence electrons. The molecule has 0 radical (unpaired) electrons. The Morgan fingerprint density at radius 1 is 1.14 bits per heavy atom. The Bertz CT molecular complexity index is 811. The first-order valence-electron chi connectivity index (χ1n) is 6.80. The lowest BCUT2D eigenvalue weighted by Gasteiger charge is -2.15. The van der Waals surface area contributed by atoms with Gasteiger partial charge in [0, 0.05) is 10.7 Å². The lowest BCUT2D eigenvalue weighted by molar-refractivity contribution is 0.214. The van der Waals surface area contributed by atoms with Gasteiger partial charge in [-0.15, -0.1) is 0 Å². The van der Waals surface area contributed by atoms with Crippen molar-refractivity contribution >= 4 is 23.8 Å². The highest BCUT2D eigenvalue weighted by atomic mass is 35.5. The number of aromatic nitrogens is 3. The van der Waals surface area contributed by atoms with Gasteiger partial charge in [0.2, 0.25) is 0 Å². The molecule has 6 heteroatoms. The number of nitrogens with one attached hydrogen (secondary N) is 1. The van der Waals surface area contributed by atoms with E-state index in [0.29, 0.717) is 15.6 Å². The molecule has 1 atom stereocenters. The van der Waals surface area contributed by atoms with E-state index in [9.17, 15) is 0 Å². The van der Waals surface area contributed by atoms with Gasteiger partial charge in [-0.2, -0.15) is 5.10 Å². The van der Waals surface area contributed by atoms with Crippen LogP contribution in [0.5, 0.6) is 5.75 Å². The molecule has 3 rings (SSSR count). The van der Waals surface area contributed by atoms with Gasteiger partial charge in [-0.25, -0.2) is 0 Å². The topological polar surface area (TPSA) is 42.8 Å². The number of hydrogen-bond donors (Lipinski definition) is 1. The molecule has 22 heavy (non-hydrogen) atoms. The molecule has 0 bridgehead atoms. The third kappa shape index (κ3) is 3.05. The van der Waals surface area contributed by atoms with Gasteiger partial charge in [0.25, 0.3) is 0 Å². The number of nitrogens with zero attached hydrogens (tertiary/aromatic N) is 2. The predicted molar refractivity (Wildman–Crippen MR) is 89.2 cm³/mol. The van der Waals surface area contributed by atoms with Gasteiger partial charge in [-0.1, -0.05) is 29.8 Å². The van der Waals surface area contributed by atoms with Crippen LogP contribution in [0.4, 0.5) is 0 Å². The zero-order chi connectivity index (χ0) is 15.5. The average molecular weight is 332 g/mol. The molecule has 0 aliphatic carbocycles. The molecular weight excluding hydrogens is 318 g/mol. The first-order chi connectivity index (χ1) is 10.6. The monoisotopic (exact) mass is 331 g/mol. The SMILES string of the molecule is C[C@H](Oc1ccc(Cl)cc1)c1n[nH]c(=S)n1-c1ccccc1. The van der Waals surface area contributed by atoms with E-state index in [4.69, 9.17) is 28.6 Å². The Morgan fingerprint density at radius 3 is 2.50 bits per heavy atom. The van der Waals surface area contributed by atoms with Crippen LogP contribution in [-0.2, 0) is 0 Å². The average Bonchev–Trinajstić information content (AvgIpc) is 2.92. The van der Waals surface area contributed by atoms with E-state index < -0.39 is 0 Å². The van der Waals surface area contributed by atoms with Crippen LogP contribution in [0.15, 0.2) is 54.6 Å². The van der Waals surface area contributed by atoms with E-state index in [2.05, 4.69) is 10.2 Å². The smallest absolute Gasteiger partial charge is 0.199 e. The van der Waals surface area contributed by atoms with Gasteiger partial charge >= 0.3 is 0 Å². The zero-order valence-electron chi connectivity index (χ0n) is 11.9. The fourth-order valence-corrected chi connectivity index (χ4v) is 2.55. The molecule has 0 aliphatic rings. The number of H-pyrrole nitrogens is 1. The molecule has 0 spiro atoms. The molecule has 1 aromatic heterocycles. The fraction of sp³-hybridized carbons (Fsp3) is 0.125. The summed E-state index contributed by atoms with van der Waals surface area (Å²) < 4.78 is 8.33. The summed E-state index contributed by atoms with van der Waals surface area (Å²) in [5.74, 6) is 1.44. The van der Waals surface area contributed by atoms with Crippen LogP contribution in [0, 0.1) is 4.77 Å². The summed E-state index contributed by atoms with van der Waals surface area (Å²) in [7, 11) is 0. The summed E-state index contributed by atoms with van der Waals surface area (Å²) in [6.07, 6.45) is -0.269. The third-order valence-electron chi connectivity index (χ3n) is 3.20. The Kier molecular flexibility index (Phi) is 4.27. The van der Waals surface area contributed by atoms with Crippen LogP contribution in [0.3, 0.4) is 0 Å². The fourth-order valence-electron chi connectivity index (χ4n) is 2.18. The van der Waals surface area contributed by atoms with Gasteiger partial charge in [-0.05, 0) is 55.5 Å². The number of hydrogen-bond acceptors (Lipinski definition) is 3. The van der Waals surface area contributed by atoms with Crippen LogP contribution in [0.25, 0.3) is 5.69 Å². The maximum atomic E-state index is 5.92. The highest BCUT2D eigenvalue weighted by Crippen LogP contribution is 2.24. The molecule has 2 aromatic carbocycles. The summed E-state index contributed by atoms with van der Waals surface area (Å²) in [5.41, 5.74) is 0.947. The quantitative estimate of drug-likeness (QED) is 0.703. The van der Waals surface area contributed by atoms with Crippen molar-refractivity contribution in [1.82, 2.24) is 14.8 Å². The summed E-state index contributed by atoms with van der Waals surface area (Å²) >= 11 is 11.2. The molecular formula is C16H14ClN3OS. The van der Waals surface area contributed by atoms with E-state index in [1.165, 1.54) is 0 Å². The molecule has 0 aliphatic heterocycles. The lowest BCUT2D eigenvalue weighted by atomic mass is 10.3. The van der Waals surface area contributed by atoms with Crippen LogP contribution in [-0.4, -0.2) is 14.8 Å². The van der Waals surface area contributed by atoms with Crippen molar-refractivity contribution in [2.45, 2.75) is 13.0 Å². The second-order valence-corrected chi connectivity index (χ2v) is 5.60. The van der Waals surface area contributed by atoms with Crippen LogP contribution in [0.1, 0.15) is 18.9 Å². The van der Waals surface area contributed by atoms with Crippen LogP contribution >= 0.6 is 23.8 Å². The van der Waals surface area contributed by atoms with Crippen molar-refractivity contribution in [3.05, 3.63) is 70.2 Å². The molecule has 0 unspecified atom stereocenters. The number of aromatic amines is 1.